The minimum atomic E-state index is 0.431. The molecular weight excluding hydrogens is 260 g/mol. The Morgan fingerprint density at radius 1 is 1.10 bits per heavy atom. The van der Waals surface area contributed by atoms with Gasteiger partial charge in [0, 0.05) is 36.1 Å². The molecule has 0 aliphatic rings. The van der Waals surface area contributed by atoms with Crippen molar-refractivity contribution in [1.82, 2.24) is 10.3 Å². The van der Waals surface area contributed by atoms with Crippen molar-refractivity contribution < 1.29 is 4.74 Å². The zero-order chi connectivity index (χ0) is 15.4. The summed E-state index contributed by atoms with van der Waals surface area (Å²) in [5.41, 5.74) is 4.43. The Morgan fingerprint density at radius 2 is 1.86 bits per heavy atom. The number of aromatic nitrogens is 1. The Kier molecular flexibility index (Phi) is 4.97. The first-order valence-corrected chi connectivity index (χ1v) is 7.39. The standard InChI is InChI=1S/C18H24N2O/c1-12(2)19-10-16-11-20-15(5)9-18(16)21-17-7-6-13(3)8-14(17)4/h6-9,11-12,19H,10H2,1-5H3. The summed E-state index contributed by atoms with van der Waals surface area (Å²) < 4.78 is 6.13. The molecule has 1 aromatic heterocycles. The van der Waals surface area contributed by atoms with E-state index in [9.17, 15) is 0 Å². The summed E-state index contributed by atoms with van der Waals surface area (Å²) in [6.45, 7) is 11.2. The third kappa shape index (κ3) is 4.30. The first-order valence-electron chi connectivity index (χ1n) is 7.39. The second-order valence-corrected chi connectivity index (χ2v) is 5.84. The van der Waals surface area contributed by atoms with Crippen LogP contribution in [0.5, 0.6) is 11.5 Å². The van der Waals surface area contributed by atoms with Gasteiger partial charge in [0.1, 0.15) is 11.5 Å². The molecule has 0 atom stereocenters. The van der Waals surface area contributed by atoms with E-state index in [1.54, 1.807) is 0 Å². The van der Waals surface area contributed by atoms with Gasteiger partial charge in [0.05, 0.1) is 0 Å². The summed E-state index contributed by atoms with van der Waals surface area (Å²) in [4.78, 5) is 4.38. The van der Waals surface area contributed by atoms with Crippen LogP contribution in [-0.2, 0) is 6.54 Å². The SMILES string of the molecule is Cc1ccc(Oc2cc(C)ncc2CNC(C)C)c(C)c1. The molecule has 0 aliphatic carbocycles. The minimum Gasteiger partial charge on any atom is -0.457 e. The maximum Gasteiger partial charge on any atom is 0.135 e. The lowest BCUT2D eigenvalue weighted by atomic mass is 10.1. The monoisotopic (exact) mass is 284 g/mol. The van der Waals surface area contributed by atoms with Crippen LogP contribution in [0.25, 0.3) is 0 Å². The molecule has 0 aliphatic heterocycles. The molecule has 0 unspecified atom stereocenters. The number of rotatable bonds is 5. The molecule has 0 radical (unpaired) electrons. The van der Waals surface area contributed by atoms with Crippen molar-refractivity contribution in [3.05, 3.63) is 52.8 Å². The molecule has 0 bridgehead atoms. The van der Waals surface area contributed by atoms with Gasteiger partial charge in [0.2, 0.25) is 0 Å². The van der Waals surface area contributed by atoms with Crippen LogP contribution in [0.3, 0.4) is 0 Å². The highest BCUT2D eigenvalue weighted by atomic mass is 16.5. The fourth-order valence-electron chi connectivity index (χ4n) is 2.14. The molecule has 2 aromatic rings. The van der Waals surface area contributed by atoms with Crippen LogP contribution >= 0.6 is 0 Å². The highest BCUT2D eigenvalue weighted by Gasteiger charge is 2.09. The van der Waals surface area contributed by atoms with Crippen LogP contribution in [0.4, 0.5) is 0 Å². The molecule has 1 aromatic carbocycles. The number of hydrogen-bond acceptors (Lipinski definition) is 3. The van der Waals surface area contributed by atoms with Crippen molar-refractivity contribution >= 4 is 0 Å². The number of nitrogens with zero attached hydrogens (tertiary/aromatic N) is 1. The summed E-state index contributed by atoms with van der Waals surface area (Å²) in [5.74, 6) is 1.78. The van der Waals surface area contributed by atoms with Crippen LogP contribution in [0.1, 0.15) is 36.2 Å². The largest absolute Gasteiger partial charge is 0.457 e. The average Bonchev–Trinajstić information content (AvgIpc) is 2.41. The molecule has 1 heterocycles. The van der Waals surface area contributed by atoms with E-state index in [0.29, 0.717) is 6.04 Å². The lowest BCUT2D eigenvalue weighted by molar-refractivity contribution is 0.464. The van der Waals surface area contributed by atoms with Gasteiger partial charge in [0.15, 0.2) is 0 Å². The van der Waals surface area contributed by atoms with Crippen LogP contribution in [0, 0.1) is 20.8 Å². The van der Waals surface area contributed by atoms with Gasteiger partial charge in [-0.15, -0.1) is 0 Å². The molecule has 0 saturated heterocycles. The molecule has 112 valence electrons. The summed E-state index contributed by atoms with van der Waals surface area (Å²) in [6, 6.07) is 8.66. The Labute approximate surface area is 127 Å². The summed E-state index contributed by atoms with van der Waals surface area (Å²) in [7, 11) is 0. The van der Waals surface area contributed by atoms with Crippen LogP contribution in [-0.4, -0.2) is 11.0 Å². The number of hydrogen-bond donors (Lipinski definition) is 1. The first kappa shape index (κ1) is 15.5. The van der Waals surface area contributed by atoms with Crippen molar-refractivity contribution in [2.75, 3.05) is 0 Å². The van der Waals surface area contributed by atoms with E-state index in [1.165, 1.54) is 5.56 Å². The van der Waals surface area contributed by atoms with E-state index in [2.05, 4.69) is 50.1 Å². The second-order valence-electron chi connectivity index (χ2n) is 5.84. The fraction of sp³-hybridized carbons (Fsp3) is 0.389. The van der Waals surface area contributed by atoms with Gasteiger partial charge in [-0.3, -0.25) is 4.98 Å². The zero-order valence-electron chi connectivity index (χ0n) is 13.5. The van der Waals surface area contributed by atoms with Gasteiger partial charge in [0.25, 0.3) is 0 Å². The predicted molar refractivity (Wildman–Crippen MR) is 86.9 cm³/mol. The van der Waals surface area contributed by atoms with Gasteiger partial charge >= 0.3 is 0 Å². The normalized spacial score (nSPS) is 11.0. The highest BCUT2D eigenvalue weighted by molar-refractivity contribution is 5.42. The van der Waals surface area contributed by atoms with Crippen molar-refractivity contribution in [3.8, 4) is 11.5 Å². The van der Waals surface area contributed by atoms with E-state index in [0.717, 1.165) is 34.9 Å². The number of benzene rings is 1. The van der Waals surface area contributed by atoms with Crippen LogP contribution < -0.4 is 10.1 Å². The van der Waals surface area contributed by atoms with E-state index in [1.807, 2.05) is 25.3 Å². The molecule has 0 fully saturated rings. The maximum absolute atomic E-state index is 6.13. The zero-order valence-corrected chi connectivity index (χ0v) is 13.5. The van der Waals surface area contributed by atoms with Gasteiger partial charge in [-0.05, 0) is 32.4 Å². The van der Waals surface area contributed by atoms with Crippen molar-refractivity contribution in [2.24, 2.45) is 0 Å². The third-order valence-electron chi connectivity index (χ3n) is 3.33. The minimum absolute atomic E-state index is 0.431. The Balaban J connectivity index is 2.27. The molecule has 2 rings (SSSR count). The number of ether oxygens (including phenoxy) is 1. The van der Waals surface area contributed by atoms with Crippen LogP contribution in [0.15, 0.2) is 30.5 Å². The molecule has 0 spiro atoms. The number of aryl methyl sites for hydroxylation is 3. The predicted octanol–water partition coefficient (Wildman–Crippen LogP) is 4.30. The van der Waals surface area contributed by atoms with Crippen molar-refractivity contribution in [1.29, 1.82) is 0 Å². The Morgan fingerprint density at radius 3 is 2.52 bits per heavy atom. The highest BCUT2D eigenvalue weighted by Crippen LogP contribution is 2.28. The maximum atomic E-state index is 6.13. The third-order valence-corrected chi connectivity index (χ3v) is 3.33. The average molecular weight is 284 g/mol. The van der Waals surface area contributed by atoms with Crippen molar-refractivity contribution in [2.45, 2.75) is 47.2 Å². The van der Waals surface area contributed by atoms with E-state index in [4.69, 9.17) is 4.74 Å². The second kappa shape index (κ2) is 6.72. The fourth-order valence-corrected chi connectivity index (χ4v) is 2.14. The molecular formula is C18H24N2O. The summed E-state index contributed by atoms with van der Waals surface area (Å²) in [6.07, 6.45) is 1.89. The number of pyridine rings is 1. The molecule has 0 saturated carbocycles. The smallest absolute Gasteiger partial charge is 0.135 e. The quantitative estimate of drug-likeness (QED) is 0.889. The van der Waals surface area contributed by atoms with Crippen LogP contribution in [0.2, 0.25) is 0 Å². The van der Waals surface area contributed by atoms with Crippen molar-refractivity contribution in [3.63, 3.8) is 0 Å². The first-order chi connectivity index (χ1) is 9.95. The summed E-state index contributed by atoms with van der Waals surface area (Å²) >= 11 is 0. The van der Waals surface area contributed by atoms with E-state index in [-0.39, 0.29) is 0 Å². The summed E-state index contributed by atoms with van der Waals surface area (Å²) in [5, 5.41) is 3.41. The molecule has 3 heteroatoms. The lowest BCUT2D eigenvalue weighted by Crippen LogP contribution is -2.22. The lowest BCUT2D eigenvalue weighted by Gasteiger charge is -2.15. The molecule has 21 heavy (non-hydrogen) atoms. The topological polar surface area (TPSA) is 34.1 Å². The molecule has 3 nitrogen and oxygen atoms in total. The Hall–Kier alpha value is -1.87. The Bertz CT molecular complexity index is 621. The van der Waals surface area contributed by atoms with Gasteiger partial charge in [-0.1, -0.05) is 31.5 Å². The van der Waals surface area contributed by atoms with Gasteiger partial charge in [-0.2, -0.15) is 0 Å². The molecule has 0 amide bonds. The van der Waals surface area contributed by atoms with E-state index < -0.39 is 0 Å². The van der Waals surface area contributed by atoms with Gasteiger partial charge < -0.3 is 10.1 Å². The molecule has 1 N–H and O–H groups in total. The van der Waals surface area contributed by atoms with E-state index >= 15 is 0 Å². The van der Waals surface area contributed by atoms with Gasteiger partial charge in [-0.25, -0.2) is 0 Å². The number of nitrogens with one attached hydrogen (secondary N) is 1.